The Labute approximate surface area is 314 Å². The van der Waals surface area contributed by atoms with Gasteiger partial charge in [-0.05, 0) is 126 Å². The highest BCUT2D eigenvalue weighted by Gasteiger charge is 2.45. The van der Waals surface area contributed by atoms with Crippen LogP contribution in [0.5, 0.6) is 5.75 Å². The van der Waals surface area contributed by atoms with Crippen LogP contribution in [0.15, 0.2) is 48.6 Å². The fraction of sp³-hybridized carbons (Fsp3) is 0.634. The minimum Gasteiger partial charge on any atom is -0.490 e. The van der Waals surface area contributed by atoms with Crippen molar-refractivity contribution in [2.45, 2.75) is 103 Å². The lowest BCUT2D eigenvalue weighted by atomic mass is 9.67. The van der Waals surface area contributed by atoms with Crippen LogP contribution in [-0.2, 0) is 22.8 Å². The zero-order valence-corrected chi connectivity index (χ0v) is 33.3. The normalized spacial score (nSPS) is 24.9. The molecule has 2 aliphatic carbocycles. The van der Waals surface area contributed by atoms with E-state index in [2.05, 4.69) is 64.5 Å². The van der Waals surface area contributed by atoms with Gasteiger partial charge < -0.3 is 14.7 Å². The number of hydrogen-bond acceptors (Lipinski definition) is 7. The molecule has 4 aliphatic rings. The van der Waals surface area contributed by atoms with E-state index in [1.165, 1.54) is 24.0 Å². The maximum atomic E-state index is 13.3. The van der Waals surface area contributed by atoms with Crippen LogP contribution in [-0.4, -0.2) is 94.8 Å². The smallest absolute Gasteiger partial charge is 0.263 e. The highest BCUT2D eigenvalue weighted by molar-refractivity contribution is 7.84. The van der Waals surface area contributed by atoms with Crippen molar-refractivity contribution in [3.05, 3.63) is 70.3 Å². The van der Waals surface area contributed by atoms with E-state index in [1.807, 2.05) is 38.1 Å². The number of nitrogens with zero attached hydrogens (tertiary/aromatic N) is 3. The molecule has 1 saturated carbocycles. The molecule has 1 saturated heterocycles. The molecule has 1 spiro atoms. The van der Waals surface area contributed by atoms with E-state index in [1.54, 1.807) is 6.92 Å². The van der Waals surface area contributed by atoms with Crippen LogP contribution in [0.1, 0.15) is 95.1 Å². The minimum absolute atomic E-state index is 0.159. The summed E-state index contributed by atoms with van der Waals surface area (Å²) in [4.78, 5) is 21.2. The molecule has 2 fully saturated rings. The van der Waals surface area contributed by atoms with Gasteiger partial charge in [0.15, 0.2) is 0 Å². The Morgan fingerprint density at radius 3 is 2.45 bits per heavy atom. The number of nitrogens with one attached hydrogen (secondary N) is 1. The number of piperazine rings is 1. The summed E-state index contributed by atoms with van der Waals surface area (Å²) < 4.78 is 22.0. The summed E-state index contributed by atoms with van der Waals surface area (Å²) in [6.07, 6.45) is 11.5. The molecule has 2 aromatic carbocycles. The first-order valence-electron chi connectivity index (χ1n) is 19.3. The average molecular weight is 741 g/mol. The third-order valence-electron chi connectivity index (χ3n) is 11.4. The third-order valence-corrected chi connectivity index (χ3v) is 12.8. The molecule has 0 aromatic heterocycles. The molecule has 10 heteroatoms. The quantitative estimate of drug-likeness (QED) is 0.254. The lowest BCUT2D eigenvalue weighted by molar-refractivity contribution is 0.0294. The van der Waals surface area contributed by atoms with E-state index < -0.39 is 11.0 Å². The Morgan fingerprint density at radius 2 is 1.80 bits per heavy atom. The van der Waals surface area contributed by atoms with E-state index in [0.717, 1.165) is 81.4 Å². The Hall–Kier alpha value is -2.43. The average Bonchev–Trinajstić information content (AvgIpc) is 3.25. The molecule has 2 heterocycles. The number of fused-ring (bicyclic) bond motifs is 3. The van der Waals surface area contributed by atoms with Crippen LogP contribution in [0.4, 0.5) is 5.69 Å². The second-order valence-electron chi connectivity index (χ2n) is 15.4. The zero-order valence-electron chi connectivity index (χ0n) is 31.7. The fourth-order valence-electron chi connectivity index (χ4n) is 8.44. The maximum absolute atomic E-state index is 13.3. The lowest BCUT2D eigenvalue weighted by Crippen LogP contribution is -2.56. The van der Waals surface area contributed by atoms with Crippen LogP contribution in [0.25, 0.3) is 0 Å². The van der Waals surface area contributed by atoms with Crippen LogP contribution in [0.3, 0.4) is 0 Å². The van der Waals surface area contributed by atoms with Gasteiger partial charge in [0.25, 0.3) is 5.91 Å². The number of carbonyl (C=O) groups excluding carboxylic acids is 1. The molecular weight excluding hydrogens is 680 g/mol. The molecule has 2 aliphatic heterocycles. The molecule has 51 heavy (non-hydrogen) atoms. The van der Waals surface area contributed by atoms with E-state index in [9.17, 15) is 9.00 Å². The van der Waals surface area contributed by atoms with Gasteiger partial charge in [0.1, 0.15) is 16.7 Å². The maximum Gasteiger partial charge on any atom is 0.263 e. The summed E-state index contributed by atoms with van der Waals surface area (Å²) in [5.41, 5.74) is 3.98. The van der Waals surface area contributed by atoms with Crippen molar-refractivity contribution in [1.82, 2.24) is 14.5 Å². The van der Waals surface area contributed by atoms with Crippen LogP contribution < -0.4 is 14.4 Å². The first kappa shape index (κ1) is 39.8. The predicted octanol–water partition coefficient (Wildman–Crippen LogP) is 7.00. The molecule has 0 radical (unpaired) electrons. The highest BCUT2D eigenvalue weighted by Crippen LogP contribution is 2.47. The monoisotopic (exact) mass is 740 g/mol. The van der Waals surface area contributed by atoms with Crippen molar-refractivity contribution in [3.8, 4) is 5.75 Å². The molecule has 2 aromatic rings. The van der Waals surface area contributed by atoms with Crippen LogP contribution >= 0.6 is 11.6 Å². The van der Waals surface area contributed by atoms with Gasteiger partial charge in [0.05, 0.1) is 12.3 Å². The summed E-state index contributed by atoms with van der Waals surface area (Å²) in [6, 6.07) is 13.1. The van der Waals surface area contributed by atoms with E-state index in [0.29, 0.717) is 36.1 Å². The summed E-state index contributed by atoms with van der Waals surface area (Å²) in [6.45, 7) is 19.3. The summed E-state index contributed by atoms with van der Waals surface area (Å²) in [5.74, 6) is 1.62. The molecule has 2 N–H and O–H groups in total. The number of hydrogen-bond donors (Lipinski definition) is 2. The van der Waals surface area contributed by atoms with Gasteiger partial charge in [0, 0.05) is 79.2 Å². The zero-order chi connectivity index (χ0) is 36.7. The molecule has 5 atom stereocenters. The van der Waals surface area contributed by atoms with Gasteiger partial charge >= 0.3 is 0 Å². The molecule has 282 valence electrons. The number of allylic oxidation sites excluding steroid dienone is 1. The van der Waals surface area contributed by atoms with Gasteiger partial charge in [-0.15, -0.1) is 0 Å². The van der Waals surface area contributed by atoms with Gasteiger partial charge in [-0.25, -0.2) is 4.21 Å². The Balaban J connectivity index is 0.00000162. The van der Waals surface area contributed by atoms with Crippen LogP contribution in [0, 0.1) is 11.8 Å². The second-order valence-corrected chi connectivity index (χ2v) is 17.6. The number of benzene rings is 2. The van der Waals surface area contributed by atoms with Crippen molar-refractivity contribution in [3.63, 3.8) is 0 Å². The van der Waals surface area contributed by atoms with Crippen molar-refractivity contribution < 1.29 is 18.8 Å². The third kappa shape index (κ3) is 9.39. The molecule has 1 amide bonds. The van der Waals surface area contributed by atoms with Crippen LogP contribution in [0.2, 0.25) is 5.02 Å². The van der Waals surface area contributed by atoms with Crippen molar-refractivity contribution in [2.75, 3.05) is 57.4 Å². The number of rotatable bonds is 10. The Morgan fingerprint density at radius 1 is 1.08 bits per heavy atom. The number of anilines is 1. The second kappa shape index (κ2) is 18.1. The van der Waals surface area contributed by atoms with E-state index >= 15 is 0 Å². The number of halogens is 1. The Bertz CT molecular complexity index is 1530. The summed E-state index contributed by atoms with van der Waals surface area (Å²) in [5, 5.41) is 8.19. The number of amides is 1. The molecule has 0 bridgehead atoms. The van der Waals surface area contributed by atoms with Gasteiger partial charge in [-0.1, -0.05) is 36.7 Å². The van der Waals surface area contributed by atoms with Gasteiger partial charge in [-0.3, -0.25) is 19.3 Å². The first-order valence-corrected chi connectivity index (χ1v) is 20.9. The molecule has 8 nitrogen and oxygen atoms in total. The highest BCUT2D eigenvalue weighted by atomic mass is 35.5. The van der Waals surface area contributed by atoms with Crippen molar-refractivity contribution in [2.24, 2.45) is 11.8 Å². The summed E-state index contributed by atoms with van der Waals surface area (Å²) in [7, 11) is -1.44. The molecule has 4 unspecified atom stereocenters. The first-order chi connectivity index (χ1) is 24.5. The number of aliphatic hydroxyl groups excluding tert-OH is 1. The van der Waals surface area contributed by atoms with Crippen molar-refractivity contribution >= 4 is 34.2 Å². The molecule has 6 rings (SSSR count). The van der Waals surface area contributed by atoms with E-state index in [-0.39, 0.29) is 23.2 Å². The number of ether oxygens (including phenoxy) is 1. The summed E-state index contributed by atoms with van der Waals surface area (Å²) >= 11 is 6.49. The largest absolute Gasteiger partial charge is 0.490 e. The number of aliphatic hydroxyl groups is 1. The number of carbonyl (C=O) groups is 1. The minimum atomic E-state index is -1.44. The van der Waals surface area contributed by atoms with Gasteiger partial charge in [-0.2, -0.15) is 0 Å². The fourth-order valence-corrected chi connectivity index (χ4v) is 9.17. The standard InChI is InChI=1S/C39H55ClN4O3S.C2H6O/c1-6-7-10-35(43-20-18-42(19-21-43)27(2)3)33-14-11-31(33)24-44-25-39(17-8-9-29-22-32(40)13-15-34(29)39)26-47-37-16-12-30(23-36(37)44)38(45)41-48(46)28(4)5;1-2-3/h7,10,12-13,15-16,22-23,27-28,31,33,35H,6,8-9,11,14,17-21,24-26H2,1-5H3,(H,41,45);3H,2H2,1H3/b10-7+;/t31?,33?,35?,39-,48?;/m0./s1. The van der Waals surface area contributed by atoms with E-state index in [4.69, 9.17) is 21.4 Å². The van der Waals surface area contributed by atoms with Crippen molar-refractivity contribution in [1.29, 1.82) is 0 Å². The Kier molecular flexibility index (Phi) is 14.1. The van der Waals surface area contributed by atoms with Gasteiger partial charge in [0.2, 0.25) is 0 Å². The lowest BCUT2D eigenvalue weighted by Gasteiger charge is -2.50. The molecular formula is C41H61ClN4O4S. The predicted molar refractivity (Wildman–Crippen MR) is 211 cm³/mol. The number of aryl methyl sites for hydroxylation is 1. The SMILES string of the molecule is CC/C=C/C(C1CCC1CN1C[C@@]2(CCCc3cc(Cl)ccc32)COc2ccc(C(=O)NS(=O)C(C)C)cc21)N1CCN(C(C)C)CC1.CCO. The topological polar surface area (TPSA) is 85.4 Å².